The molecule has 18 heavy (non-hydrogen) atoms. The summed E-state index contributed by atoms with van der Waals surface area (Å²) >= 11 is 0. The van der Waals surface area contributed by atoms with E-state index in [9.17, 15) is 0 Å². The SMILES string of the molecule is CCCC(C)(CNC(C)C)Cc1cccc(C)c1. The molecule has 1 heteroatoms. The monoisotopic (exact) mass is 247 g/mol. The van der Waals surface area contributed by atoms with Crippen LogP contribution in [-0.2, 0) is 6.42 Å². The molecule has 0 heterocycles. The summed E-state index contributed by atoms with van der Waals surface area (Å²) in [6.07, 6.45) is 3.70. The van der Waals surface area contributed by atoms with E-state index in [1.165, 1.54) is 30.4 Å². The van der Waals surface area contributed by atoms with Gasteiger partial charge < -0.3 is 5.32 Å². The second-order valence-corrected chi connectivity index (χ2v) is 6.26. The van der Waals surface area contributed by atoms with Gasteiger partial charge in [-0.2, -0.15) is 0 Å². The Morgan fingerprint density at radius 1 is 1.28 bits per heavy atom. The molecule has 0 radical (unpaired) electrons. The highest BCUT2D eigenvalue weighted by atomic mass is 14.9. The van der Waals surface area contributed by atoms with Gasteiger partial charge in [0.15, 0.2) is 0 Å². The average molecular weight is 247 g/mol. The van der Waals surface area contributed by atoms with Crippen molar-refractivity contribution in [1.29, 1.82) is 0 Å². The highest BCUT2D eigenvalue weighted by Gasteiger charge is 2.23. The lowest BCUT2D eigenvalue weighted by Crippen LogP contribution is -2.37. The predicted molar refractivity (Wildman–Crippen MR) is 81.0 cm³/mol. The molecule has 0 spiro atoms. The molecule has 1 aromatic rings. The summed E-state index contributed by atoms with van der Waals surface area (Å²) in [5.74, 6) is 0. The highest BCUT2D eigenvalue weighted by Crippen LogP contribution is 2.28. The number of nitrogens with one attached hydrogen (secondary N) is 1. The Hall–Kier alpha value is -0.820. The second kappa shape index (κ2) is 6.94. The Kier molecular flexibility index (Phi) is 5.87. The van der Waals surface area contributed by atoms with Crippen LogP contribution in [0.3, 0.4) is 0 Å². The third kappa shape index (κ3) is 5.22. The summed E-state index contributed by atoms with van der Waals surface area (Å²) in [4.78, 5) is 0. The number of rotatable bonds is 7. The van der Waals surface area contributed by atoms with Crippen molar-refractivity contribution in [3.8, 4) is 0 Å². The van der Waals surface area contributed by atoms with Crippen LogP contribution < -0.4 is 5.32 Å². The van der Waals surface area contributed by atoms with E-state index in [1.54, 1.807) is 0 Å². The van der Waals surface area contributed by atoms with Crippen molar-refractivity contribution in [3.63, 3.8) is 0 Å². The lowest BCUT2D eigenvalue weighted by molar-refractivity contribution is 0.267. The molecule has 1 rings (SSSR count). The molecule has 0 aliphatic carbocycles. The molecule has 1 aromatic carbocycles. The number of benzene rings is 1. The number of hydrogen-bond acceptors (Lipinski definition) is 1. The Balaban J connectivity index is 2.71. The smallest absolute Gasteiger partial charge is 0.00107 e. The Morgan fingerprint density at radius 3 is 2.56 bits per heavy atom. The van der Waals surface area contributed by atoms with Crippen molar-refractivity contribution in [2.45, 2.75) is 59.9 Å². The minimum atomic E-state index is 0.368. The molecular formula is C17H29N. The molecule has 1 nitrogen and oxygen atoms in total. The minimum Gasteiger partial charge on any atom is -0.314 e. The summed E-state index contributed by atoms with van der Waals surface area (Å²) in [7, 11) is 0. The van der Waals surface area contributed by atoms with Crippen LogP contribution in [0.2, 0.25) is 0 Å². The van der Waals surface area contributed by atoms with E-state index >= 15 is 0 Å². The fourth-order valence-electron chi connectivity index (χ4n) is 2.61. The first-order valence-corrected chi connectivity index (χ1v) is 7.24. The molecule has 0 saturated carbocycles. The fraction of sp³-hybridized carbons (Fsp3) is 0.647. The van der Waals surface area contributed by atoms with Crippen LogP contribution in [-0.4, -0.2) is 12.6 Å². The zero-order valence-corrected chi connectivity index (χ0v) is 12.7. The lowest BCUT2D eigenvalue weighted by Gasteiger charge is -2.31. The third-order valence-electron chi connectivity index (χ3n) is 3.50. The van der Waals surface area contributed by atoms with Crippen LogP contribution in [0.4, 0.5) is 0 Å². The second-order valence-electron chi connectivity index (χ2n) is 6.26. The molecule has 0 amide bonds. The van der Waals surface area contributed by atoms with Gasteiger partial charge in [-0.15, -0.1) is 0 Å². The Bertz CT molecular complexity index is 356. The number of hydrogen-bond donors (Lipinski definition) is 1. The minimum absolute atomic E-state index is 0.368. The molecule has 1 N–H and O–H groups in total. The van der Waals surface area contributed by atoms with Crippen molar-refractivity contribution < 1.29 is 0 Å². The van der Waals surface area contributed by atoms with Crippen LogP contribution >= 0.6 is 0 Å². The molecule has 0 bridgehead atoms. The molecule has 102 valence electrons. The molecule has 0 fully saturated rings. The maximum absolute atomic E-state index is 3.61. The van der Waals surface area contributed by atoms with Crippen molar-refractivity contribution in [2.75, 3.05) is 6.54 Å². The predicted octanol–water partition coefficient (Wildman–Crippen LogP) is 4.34. The van der Waals surface area contributed by atoms with Crippen molar-refractivity contribution in [1.82, 2.24) is 5.32 Å². The summed E-state index contributed by atoms with van der Waals surface area (Å²) in [6.45, 7) is 12.4. The maximum Gasteiger partial charge on any atom is 0.00107 e. The molecular weight excluding hydrogens is 218 g/mol. The first-order chi connectivity index (χ1) is 8.45. The van der Waals surface area contributed by atoms with Gasteiger partial charge in [0.25, 0.3) is 0 Å². The summed E-state index contributed by atoms with van der Waals surface area (Å²) in [5.41, 5.74) is 3.20. The summed E-state index contributed by atoms with van der Waals surface area (Å²) in [5, 5.41) is 3.61. The van der Waals surface area contributed by atoms with E-state index in [2.05, 4.69) is 64.2 Å². The van der Waals surface area contributed by atoms with Crippen LogP contribution in [0.25, 0.3) is 0 Å². The normalized spacial score (nSPS) is 14.8. The van der Waals surface area contributed by atoms with Gasteiger partial charge in [-0.05, 0) is 30.7 Å². The quantitative estimate of drug-likeness (QED) is 0.755. The van der Waals surface area contributed by atoms with Crippen molar-refractivity contribution in [2.24, 2.45) is 5.41 Å². The molecule has 0 saturated heterocycles. The molecule has 0 aliphatic rings. The van der Waals surface area contributed by atoms with E-state index in [0.717, 1.165) is 6.54 Å². The molecule has 1 atom stereocenters. The average Bonchev–Trinajstić information content (AvgIpc) is 2.27. The van der Waals surface area contributed by atoms with E-state index in [-0.39, 0.29) is 0 Å². The van der Waals surface area contributed by atoms with Gasteiger partial charge in [0.05, 0.1) is 0 Å². The first-order valence-electron chi connectivity index (χ1n) is 7.24. The van der Waals surface area contributed by atoms with E-state index in [1.807, 2.05) is 0 Å². The van der Waals surface area contributed by atoms with Gasteiger partial charge in [0.1, 0.15) is 0 Å². The Labute approximate surface area is 113 Å². The van der Waals surface area contributed by atoms with Gasteiger partial charge in [-0.1, -0.05) is 63.9 Å². The van der Waals surface area contributed by atoms with Crippen molar-refractivity contribution in [3.05, 3.63) is 35.4 Å². The maximum atomic E-state index is 3.61. The zero-order valence-electron chi connectivity index (χ0n) is 12.7. The van der Waals surface area contributed by atoms with Gasteiger partial charge in [0, 0.05) is 12.6 Å². The van der Waals surface area contributed by atoms with Gasteiger partial charge in [0.2, 0.25) is 0 Å². The first kappa shape index (κ1) is 15.2. The van der Waals surface area contributed by atoms with Crippen molar-refractivity contribution >= 4 is 0 Å². The van der Waals surface area contributed by atoms with Crippen LogP contribution in [0.1, 0.15) is 51.7 Å². The standard InChI is InChI=1S/C17H29N/c1-6-10-17(5,13-18-14(2)3)12-16-9-7-8-15(4)11-16/h7-9,11,14,18H,6,10,12-13H2,1-5H3. The topological polar surface area (TPSA) is 12.0 Å². The summed E-state index contributed by atoms with van der Waals surface area (Å²) < 4.78 is 0. The van der Waals surface area contributed by atoms with E-state index in [4.69, 9.17) is 0 Å². The highest BCUT2D eigenvalue weighted by molar-refractivity contribution is 5.23. The fourth-order valence-corrected chi connectivity index (χ4v) is 2.61. The van der Waals surface area contributed by atoms with E-state index in [0.29, 0.717) is 11.5 Å². The lowest BCUT2D eigenvalue weighted by atomic mass is 9.79. The molecule has 0 aromatic heterocycles. The third-order valence-corrected chi connectivity index (χ3v) is 3.50. The molecule has 1 unspecified atom stereocenters. The van der Waals surface area contributed by atoms with Crippen LogP contribution in [0.15, 0.2) is 24.3 Å². The van der Waals surface area contributed by atoms with E-state index < -0.39 is 0 Å². The van der Waals surface area contributed by atoms with Gasteiger partial charge >= 0.3 is 0 Å². The van der Waals surface area contributed by atoms with Gasteiger partial charge in [-0.25, -0.2) is 0 Å². The van der Waals surface area contributed by atoms with Gasteiger partial charge in [-0.3, -0.25) is 0 Å². The molecule has 0 aliphatic heterocycles. The largest absolute Gasteiger partial charge is 0.314 e. The Morgan fingerprint density at radius 2 is 2.00 bits per heavy atom. The van der Waals surface area contributed by atoms with Crippen LogP contribution in [0, 0.1) is 12.3 Å². The number of aryl methyl sites for hydroxylation is 1. The van der Waals surface area contributed by atoms with Crippen LogP contribution in [0.5, 0.6) is 0 Å². The summed E-state index contributed by atoms with van der Waals surface area (Å²) in [6, 6.07) is 9.50. The zero-order chi connectivity index (χ0) is 13.6.